The maximum Gasteiger partial charge on any atom is 0.310 e. The fourth-order valence-corrected chi connectivity index (χ4v) is 6.24. The third-order valence-corrected chi connectivity index (χ3v) is 8.86. The summed E-state index contributed by atoms with van der Waals surface area (Å²) < 4.78 is 6.03. The Balaban J connectivity index is 2.24. The molecule has 39 heavy (non-hydrogen) atoms. The molecular formula is C35H66O4. The van der Waals surface area contributed by atoms with Crippen molar-refractivity contribution in [1.29, 1.82) is 0 Å². The van der Waals surface area contributed by atoms with E-state index in [1.807, 2.05) is 0 Å². The molecule has 0 radical (unpaired) electrons. The van der Waals surface area contributed by atoms with E-state index in [0.29, 0.717) is 12.8 Å². The van der Waals surface area contributed by atoms with E-state index in [-0.39, 0.29) is 12.1 Å². The van der Waals surface area contributed by atoms with E-state index in [0.717, 1.165) is 44.4 Å². The van der Waals surface area contributed by atoms with Gasteiger partial charge in [0.25, 0.3) is 0 Å². The summed E-state index contributed by atoms with van der Waals surface area (Å²) in [6, 6.07) is 0. The van der Waals surface area contributed by atoms with E-state index >= 15 is 0 Å². The van der Waals surface area contributed by atoms with Crippen molar-refractivity contribution in [3.05, 3.63) is 0 Å². The molecule has 0 aliphatic heterocycles. The van der Waals surface area contributed by atoms with Crippen molar-refractivity contribution < 1.29 is 19.4 Å². The number of esters is 1. The van der Waals surface area contributed by atoms with Crippen molar-refractivity contribution in [3.8, 4) is 0 Å². The van der Waals surface area contributed by atoms with E-state index in [2.05, 4.69) is 20.8 Å². The topological polar surface area (TPSA) is 63.6 Å². The standard InChI is InChI=1S/C35H66O4/c1-4-5-6-7-8-9-10-11-12-13-14-15-16-17-21-26-31(27-22-19-18-20-25-30(2)3)39-35(38)33-29-24-23-28-32(33)34(36)37/h30-33H,4-29H2,1-3H3,(H,36,37). The predicted molar refractivity (Wildman–Crippen MR) is 165 cm³/mol. The third kappa shape index (κ3) is 19.6. The molecule has 230 valence electrons. The molecule has 1 saturated carbocycles. The molecule has 4 heteroatoms. The summed E-state index contributed by atoms with van der Waals surface area (Å²) in [5.41, 5.74) is 0. The summed E-state index contributed by atoms with van der Waals surface area (Å²) in [5.74, 6) is -1.32. The average molecular weight is 551 g/mol. The zero-order valence-corrected chi connectivity index (χ0v) is 26.4. The summed E-state index contributed by atoms with van der Waals surface area (Å²) in [5, 5.41) is 9.60. The van der Waals surface area contributed by atoms with Crippen LogP contribution in [0.2, 0.25) is 0 Å². The van der Waals surface area contributed by atoms with E-state index in [1.54, 1.807) is 0 Å². The highest BCUT2D eigenvalue weighted by Crippen LogP contribution is 2.32. The lowest BCUT2D eigenvalue weighted by atomic mass is 9.79. The monoisotopic (exact) mass is 550 g/mol. The number of ether oxygens (including phenoxy) is 1. The van der Waals surface area contributed by atoms with Gasteiger partial charge in [0.05, 0.1) is 11.8 Å². The number of unbranched alkanes of at least 4 members (excludes halogenated alkanes) is 17. The van der Waals surface area contributed by atoms with Gasteiger partial charge in [-0.25, -0.2) is 0 Å². The second-order valence-electron chi connectivity index (χ2n) is 13.0. The fourth-order valence-electron chi connectivity index (χ4n) is 6.24. The molecule has 0 aromatic heterocycles. The molecule has 1 fully saturated rings. The summed E-state index contributed by atoms with van der Waals surface area (Å²) in [6.45, 7) is 6.84. The quantitative estimate of drug-likeness (QED) is 0.0859. The van der Waals surface area contributed by atoms with Gasteiger partial charge in [-0.2, -0.15) is 0 Å². The average Bonchev–Trinajstić information content (AvgIpc) is 2.92. The second-order valence-corrected chi connectivity index (χ2v) is 13.0. The smallest absolute Gasteiger partial charge is 0.310 e. The molecule has 1 aliphatic carbocycles. The molecule has 1 aliphatic rings. The minimum absolute atomic E-state index is 0.0408. The predicted octanol–water partition coefficient (Wildman–Crippen LogP) is 11.0. The molecule has 0 saturated heterocycles. The highest BCUT2D eigenvalue weighted by Gasteiger charge is 2.37. The molecule has 0 bridgehead atoms. The highest BCUT2D eigenvalue weighted by molar-refractivity contribution is 5.81. The number of rotatable bonds is 26. The van der Waals surface area contributed by atoms with Gasteiger partial charge in [0, 0.05) is 0 Å². The molecule has 3 unspecified atom stereocenters. The largest absolute Gasteiger partial charge is 0.481 e. The van der Waals surface area contributed by atoms with Gasteiger partial charge in [-0.1, -0.05) is 149 Å². The van der Waals surface area contributed by atoms with E-state index in [9.17, 15) is 14.7 Å². The van der Waals surface area contributed by atoms with Crippen molar-refractivity contribution in [2.24, 2.45) is 17.8 Å². The van der Waals surface area contributed by atoms with Crippen molar-refractivity contribution in [3.63, 3.8) is 0 Å². The maximum absolute atomic E-state index is 13.0. The van der Waals surface area contributed by atoms with Crippen LogP contribution in [0.25, 0.3) is 0 Å². The van der Waals surface area contributed by atoms with Crippen LogP contribution in [0, 0.1) is 17.8 Å². The second kappa shape index (κ2) is 24.7. The Kier molecular flexibility index (Phi) is 22.8. The van der Waals surface area contributed by atoms with Gasteiger partial charge >= 0.3 is 11.9 Å². The zero-order valence-electron chi connectivity index (χ0n) is 26.4. The highest BCUT2D eigenvalue weighted by atomic mass is 16.5. The molecule has 0 amide bonds. The molecule has 0 heterocycles. The van der Waals surface area contributed by atoms with Crippen LogP contribution >= 0.6 is 0 Å². The minimum Gasteiger partial charge on any atom is -0.481 e. The minimum atomic E-state index is -0.833. The maximum atomic E-state index is 13.0. The lowest BCUT2D eigenvalue weighted by molar-refractivity contribution is -0.164. The SMILES string of the molecule is CCCCCCCCCCCCCCCCCC(CCCCCCC(C)C)OC(=O)C1CCCCC1C(=O)O. The van der Waals surface area contributed by atoms with E-state index in [4.69, 9.17) is 4.74 Å². The Morgan fingerprint density at radius 1 is 0.615 bits per heavy atom. The Hall–Kier alpha value is -1.06. The molecule has 1 N–H and O–H groups in total. The van der Waals surface area contributed by atoms with Gasteiger partial charge in [0.2, 0.25) is 0 Å². The molecule has 0 aromatic rings. The lowest BCUT2D eigenvalue weighted by Gasteiger charge is -2.29. The number of hydrogen-bond donors (Lipinski definition) is 1. The summed E-state index contributed by atoms with van der Waals surface area (Å²) >= 11 is 0. The zero-order chi connectivity index (χ0) is 28.6. The van der Waals surface area contributed by atoms with Gasteiger partial charge in [0.15, 0.2) is 0 Å². The normalized spacial score (nSPS) is 18.4. The Morgan fingerprint density at radius 2 is 1.00 bits per heavy atom. The Morgan fingerprint density at radius 3 is 1.41 bits per heavy atom. The van der Waals surface area contributed by atoms with E-state index in [1.165, 1.54) is 116 Å². The first-order valence-corrected chi connectivity index (χ1v) is 17.4. The van der Waals surface area contributed by atoms with Crippen LogP contribution in [0.15, 0.2) is 0 Å². The molecule has 3 atom stereocenters. The van der Waals surface area contributed by atoms with Gasteiger partial charge in [-0.3, -0.25) is 9.59 Å². The van der Waals surface area contributed by atoms with Crippen LogP contribution in [0.4, 0.5) is 0 Å². The number of carbonyl (C=O) groups excluding carboxylic acids is 1. The third-order valence-electron chi connectivity index (χ3n) is 8.86. The molecular weight excluding hydrogens is 484 g/mol. The lowest BCUT2D eigenvalue weighted by Crippen LogP contribution is -2.35. The first kappa shape index (κ1) is 36.0. The number of carboxylic acid groups (broad SMARTS) is 1. The molecule has 1 rings (SSSR count). The van der Waals surface area contributed by atoms with Gasteiger partial charge in [-0.05, 0) is 44.4 Å². The fraction of sp³-hybridized carbons (Fsp3) is 0.943. The van der Waals surface area contributed by atoms with Crippen molar-refractivity contribution in [2.45, 2.75) is 194 Å². The summed E-state index contributed by atoms with van der Waals surface area (Å²) in [7, 11) is 0. The molecule has 0 spiro atoms. The molecule has 4 nitrogen and oxygen atoms in total. The van der Waals surface area contributed by atoms with Crippen molar-refractivity contribution >= 4 is 11.9 Å². The van der Waals surface area contributed by atoms with Gasteiger partial charge in [0.1, 0.15) is 6.10 Å². The number of hydrogen-bond acceptors (Lipinski definition) is 3. The van der Waals surface area contributed by atoms with Crippen molar-refractivity contribution in [2.75, 3.05) is 0 Å². The van der Waals surface area contributed by atoms with Crippen LogP contribution in [-0.4, -0.2) is 23.1 Å². The van der Waals surface area contributed by atoms with Gasteiger partial charge < -0.3 is 9.84 Å². The van der Waals surface area contributed by atoms with E-state index < -0.39 is 17.8 Å². The summed E-state index contributed by atoms with van der Waals surface area (Å²) in [6.07, 6.45) is 31.3. The van der Waals surface area contributed by atoms with Gasteiger partial charge in [-0.15, -0.1) is 0 Å². The van der Waals surface area contributed by atoms with Crippen LogP contribution in [0.3, 0.4) is 0 Å². The number of aliphatic carboxylic acids is 1. The van der Waals surface area contributed by atoms with Crippen LogP contribution in [-0.2, 0) is 14.3 Å². The number of carbonyl (C=O) groups is 2. The van der Waals surface area contributed by atoms with Crippen molar-refractivity contribution in [1.82, 2.24) is 0 Å². The Labute approximate surface area is 242 Å². The first-order valence-electron chi connectivity index (χ1n) is 17.4. The Bertz CT molecular complexity index is 587. The molecule has 0 aromatic carbocycles. The summed E-state index contributed by atoms with van der Waals surface area (Å²) in [4.78, 5) is 24.7. The van der Waals surface area contributed by atoms with Crippen LogP contribution < -0.4 is 0 Å². The van der Waals surface area contributed by atoms with Crippen LogP contribution in [0.1, 0.15) is 188 Å². The first-order chi connectivity index (χ1) is 19.0. The van der Waals surface area contributed by atoms with Crippen LogP contribution in [0.5, 0.6) is 0 Å². The number of carboxylic acids is 1.